The van der Waals surface area contributed by atoms with Gasteiger partial charge in [-0.1, -0.05) is 30.3 Å². The van der Waals surface area contributed by atoms with Crippen LogP contribution < -0.4 is 10.6 Å². The molecule has 0 aliphatic carbocycles. The molecule has 2 rings (SSSR count). The Morgan fingerprint density at radius 2 is 1.89 bits per heavy atom. The van der Waals surface area contributed by atoms with Crippen molar-refractivity contribution in [1.82, 2.24) is 20.4 Å². The second kappa shape index (κ2) is 6.33. The minimum absolute atomic E-state index is 0.655. The van der Waals surface area contributed by atoms with E-state index in [1.165, 1.54) is 5.56 Å². The molecule has 0 unspecified atom stereocenters. The molecule has 0 spiro atoms. The maximum atomic E-state index is 5.25. The van der Waals surface area contributed by atoms with Gasteiger partial charge in [0.1, 0.15) is 0 Å². The highest BCUT2D eigenvalue weighted by Crippen LogP contribution is 2.01. The average Bonchev–Trinajstić information content (AvgIpc) is 2.73. The van der Waals surface area contributed by atoms with Gasteiger partial charge < -0.3 is 10.6 Å². The topological polar surface area (TPSA) is 41.9 Å². The van der Waals surface area contributed by atoms with E-state index in [1.807, 2.05) is 42.9 Å². The molecule has 4 nitrogen and oxygen atoms in total. The van der Waals surface area contributed by atoms with Crippen molar-refractivity contribution in [2.45, 2.75) is 20.0 Å². The molecule has 1 aromatic heterocycles. The van der Waals surface area contributed by atoms with Crippen LogP contribution in [-0.4, -0.2) is 14.9 Å². The molecule has 19 heavy (non-hydrogen) atoms. The predicted molar refractivity (Wildman–Crippen MR) is 80.7 cm³/mol. The number of aromatic nitrogens is 2. The summed E-state index contributed by atoms with van der Waals surface area (Å²) in [5.41, 5.74) is 3.34. The summed E-state index contributed by atoms with van der Waals surface area (Å²) in [6.07, 6.45) is 0. The van der Waals surface area contributed by atoms with Gasteiger partial charge in [-0.2, -0.15) is 5.10 Å². The molecule has 0 saturated heterocycles. The number of benzene rings is 1. The molecule has 0 amide bonds. The monoisotopic (exact) mass is 274 g/mol. The summed E-state index contributed by atoms with van der Waals surface area (Å²) in [6, 6.07) is 12.2. The lowest BCUT2D eigenvalue weighted by atomic mass is 10.2. The minimum atomic E-state index is 0.655. The number of hydrogen-bond donors (Lipinski definition) is 2. The van der Waals surface area contributed by atoms with Gasteiger partial charge in [-0.25, -0.2) is 0 Å². The van der Waals surface area contributed by atoms with E-state index in [1.54, 1.807) is 0 Å². The van der Waals surface area contributed by atoms with Crippen LogP contribution in [-0.2, 0) is 20.1 Å². The van der Waals surface area contributed by atoms with Gasteiger partial charge in [-0.3, -0.25) is 4.68 Å². The van der Waals surface area contributed by atoms with Crippen molar-refractivity contribution in [3.8, 4) is 0 Å². The molecule has 2 N–H and O–H groups in total. The van der Waals surface area contributed by atoms with Gasteiger partial charge in [0.05, 0.1) is 17.9 Å². The number of nitrogens with one attached hydrogen (secondary N) is 2. The fraction of sp³-hybridized carbons (Fsp3) is 0.286. The smallest absolute Gasteiger partial charge is 0.166 e. The first-order valence-corrected chi connectivity index (χ1v) is 6.61. The highest BCUT2D eigenvalue weighted by molar-refractivity contribution is 7.80. The maximum absolute atomic E-state index is 5.25. The third-order valence-electron chi connectivity index (χ3n) is 2.82. The summed E-state index contributed by atoms with van der Waals surface area (Å²) in [5, 5.41) is 11.3. The molecule has 2 aromatic rings. The van der Waals surface area contributed by atoms with Crippen LogP contribution in [0.4, 0.5) is 0 Å². The molecule has 5 heteroatoms. The Kier molecular flexibility index (Phi) is 4.52. The van der Waals surface area contributed by atoms with Crippen LogP contribution in [0.5, 0.6) is 0 Å². The molecule has 0 fully saturated rings. The van der Waals surface area contributed by atoms with Crippen LogP contribution in [0.25, 0.3) is 0 Å². The van der Waals surface area contributed by atoms with Crippen LogP contribution in [0.1, 0.15) is 17.0 Å². The van der Waals surface area contributed by atoms with Gasteiger partial charge in [0, 0.05) is 13.6 Å². The number of thiocarbonyl (C=S) groups is 1. The van der Waals surface area contributed by atoms with E-state index in [0.717, 1.165) is 17.9 Å². The Balaban J connectivity index is 1.77. The number of nitrogens with zero attached hydrogens (tertiary/aromatic N) is 2. The molecule has 0 aliphatic heterocycles. The highest BCUT2D eigenvalue weighted by atomic mass is 32.1. The molecular weight excluding hydrogens is 256 g/mol. The molecule has 0 saturated carbocycles. The largest absolute Gasteiger partial charge is 0.359 e. The first kappa shape index (κ1) is 13.5. The Morgan fingerprint density at radius 3 is 2.53 bits per heavy atom. The summed E-state index contributed by atoms with van der Waals surface area (Å²) < 4.78 is 1.86. The lowest BCUT2D eigenvalue weighted by Gasteiger charge is -2.10. The average molecular weight is 274 g/mol. The molecule has 0 atom stereocenters. The number of rotatable bonds is 4. The minimum Gasteiger partial charge on any atom is -0.359 e. The fourth-order valence-electron chi connectivity index (χ4n) is 1.84. The van der Waals surface area contributed by atoms with Crippen LogP contribution in [0.15, 0.2) is 36.4 Å². The zero-order valence-corrected chi connectivity index (χ0v) is 12.0. The second-order valence-electron chi connectivity index (χ2n) is 4.42. The van der Waals surface area contributed by atoms with Crippen molar-refractivity contribution in [2.75, 3.05) is 0 Å². The Hall–Kier alpha value is -1.88. The van der Waals surface area contributed by atoms with Gasteiger partial charge >= 0.3 is 0 Å². The molecule has 0 aliphatic rings. The Labute approximate surface area is 118 Å². The van der Waals surface area contributed by atoms with Crippen molar-refractivity contribution in [3.63, 3.8) is 0 Å². The summed E-state index contributed by atoms with van der Waals surface area (Å²) in [4.78, 5) is 0. The summed E-state index contributed by atoms with van der Waals surface area (Å²) in [6.45, 7) is 3.39. The normalized spacial score (nSPS) is 10.2. The molecule has 0 radical (unpaired) electrons. The Morgan fingerprint density at radius 1 is 1.21 bits per heavy atom. The predicted octanol–water partition coefficient (Wildman–Crippen LogP) is 1.89. The lowest BCUT2D eigenvalue weighted by Crippen LogP contribution is -2.34. The third kappa shape index (κ3) is 4.06. The fourth-order valence-corrected chi connectivity index (χ4v) is 1.99. The van der Waals surface area contributed by atoms with Gasteiger partial charge in [0.25, 0.3) is 0 Å². The van der Waals surface area contributed by atoms with E-state index in [0.29, 0.717) is 11.7 Å². The van der Waals surface area contributed by atoms with Crippen molar-refractivity contribution in [1.29, 1.82) is 0 Å². The van der Waals surface area contributed by atoms with Gasteiger partial charge in [0.15, 0.2) is 5.11 Å². The summed E-state index contributed by atoms with van der Waals surface area (Å²) >= 11 is 5.25. The number of aryl methyl sites for hydroxylation is 2. The molecule has 1 aromatic carbocycles. The highest BCUT2D eigenvalue weighted by Gasteiger charge is 2.02. The first-order chi connectivity index (χ1) is 9.15. The van der Waals surface area contributed by atoms with Gasteiger partial charge in [0.2, 0.25) is 0 Å². The van der Waals surface area contributed by atoms with Crippen LogP contribution in [0.2, 0.25) is 0 Å². The lowest BCUT2D eigenvalue weighted by molar-refractivity contribution is 0.684. The van der Waals surface area contributed by atoms with Crippen LogP contribution in [0, 0.1) is 6.92 Å². The standard InChI is InChI=1S/C14H18N4S/c1-11-8-13(18(2)17-11)10-16-14(19)15-9-12-6-4-3-5-7-12/h3-8H,9-10H2,1-2H3,(H2,15,16,19). The molecule has 100 valence electrons. The Bertz CT molecular complexity index is 548. The SMILES string of the molecule is Cc1cc(CNC(=S)NCc2ccccc2)n(C)n1. The second-order valence-corrected chi connectivity index (χ2v) is 4.83. The summed E-state index contributed by atoms with van der Waals surface area (Å²) in [7, 11) is 1.93. The zero-order chi connectivity index (χ0) is 13.7. The van der Waals surface area contributed by atoms with Crippen molar-refractivity contribution in [3.05, 3.63) is 53.3 Å². The quantitative estimate of drug-likeness (QED) is 0.836. The van der Waals surface area contributed by atoms with Gasteiger partial charge in [-0.15, -0.1) is 0 Å². The van der Waals surface area contributed by atoms with E-state index in [9.17, 15) is 0 Å². The molecule has 1 heterocycles. The van der Waals surface area contributed by atoms with E-state index < -0.39 is 0 Å². The van der Waals surface area contributed by atoms with E-state index >= 15 is 0 Å². The van der Waals surface area contributed by atoms with Crippen molar-refractivity contribution < 1.29 is 0 Å². The van der Waals surface area contributed by atoms with E-state index in [4.69, 9.17) is 12.2 Å². The maximum Gasteiger partial charge on any atom is 0.166 e. The molecule has 0 bridgehead atoms. The van der Waals surface area contributed by atoms with Crippen molar-refractivity contribution in [2.24, 2.45) is 7.05 Å². The first-order valence-electron chi connectivity index (χ1n) is 6.20. The van der Waals surface area contributed by atoms with Crippen molar-refractivity contribution >= 4 is 17.3 Å². The van der Waals surface area contributed by atoms with E-state index in [2.05, 4.69) is 27.9 Å². The molecular formula is C14H18N4S. The number of hydrogen-bond acceptors (Lipinski definition) is 2. The third-order valence-corrected chi connectivity index (χ3v) is 3.11. The van der Waals surface area contributed by atoms with Gasteiger partial charge in [-0.05, 0) is 30.8 Å². The summed E-state index contributed by atoms with van der Waals surface area (Å²) in [5.74, 6) is 0. The zero-order valence-electron chi connectivity index (χ0n) is 11.2. The van der Waals surface area contributed by atoms with Crippen LogP contribution in [0.3, 0.4) is 0 Å². The van der Waals surface area contributed by atoms with E-state index in [-0.39, 0.29) is 0 Å². The van der Waals surface area contributed by atoms with Crippen LogP contribution >= 0.6 is 12.2 Å².